The van der Waals surface area contributed by atoms with Crippen LogP contribution < -0.4 is 15.2 Å². The molecule has 2 heterocycles. The molecule has 1 aliphatic rings. The maximum absolute atomic E-state index is 12.3. The molecule has 1 aromatic heterocycles. The summed E-state index contributed by atoms with van der Waals surface area (Å²) >= 11 is 6.17. The molecule has 1 unspecified atom stereocenters. The summed E-state index contributed by atoms with van der Waals surface area (Å²) in [5.41, 5.74) is 1.19. The molecule has 1 saturated heterocycles. The number of primary sulfonamides is 1. The van der Waals surface area contributed by atoms with Gasteiger partial charge in [-0.15, -0.1) is 0 Å². The van der Waals surface area contributed by atoms with Crippen LogP contribution in [0, 0.1) is 0 Å². The van der Waals surface area contributed by atoms with E-state index < -0.39 is 10.0 Å². The number of halogens is 1. The highest BCUT2D eigenvalue weighted by Gasteiger charge is 2.20. The molecule has 1 fully saturated rings. The number of carbonyl (C=O) groups is 1. The van der Waals surface area contributed by atoms with Crippen molar-refractivity contribution in [2.24, 2.45) is 5.14 Å². The zero-order valence-electron chi connectivity index (χ0n) is 14.9. The summed E-state index contributed by atoms with van der Waals surface area (Å²) < 4.78 is 33.4. The Morgan fingerprint density at radius 3 is 2.71 bits per heavy atom. The molecule has 0 radical (unpaired) electrons. The van der Waals surface area contributed by atoms with Crippen molar-refractivity contribution in [3.8, 4) is 5.88 Å². The van der Waals surface area contributed by atoms with Crippen molar-refractivity contribution in [1.82, 2.24) is 10.3 Å². The lowest BCUT2D eigenvalue weighted by Crippen LogP contribution is -2.26. The minimum Gasteiger partial charge on any atom is -0.471 e. The predicted octanol–water partition coefficient (Wildman–Crippen LogP) is 1.52. The lowest BCUT2D eigenvalue weighted by molar-refractivity contribution is 0.0953. The van der Waals surface area contributed by atoms with Gasteiger partial charge in [0.25, 0.3) is 5.91 Å². The number of ether oxygens (including phenoxy) is 2. The molecule has 3 rings (SSSR count). The highest BCUT2D eigenvalue weighted by Crippen LogP contribution is 2.25. The molecule has 2 aromatic rings. The summed E-state index contributed by atoms with van der Waals surface area (Å²) in [5, 5.41) is 8.10. The maximum atomic E-state index is 12.3. The number of carbonyl (C=O) groups excluding carboxylic acids is 1. The van der Waals surface area contributed by atoms with Gasteiger partial charge in [0.15, 0.2) is 0 Å². The molecular weight excluding hydrogens is 406 g/mol. The molecule has 1 atom stereocenters. The largest absolute Gasteiger partial charge is 0.471 e. The van der Waals surface area contributed by atoms with Crippen LogP contribution >= 0.6 is 11.6 Å². The van der Waals surface area contributed by atoms with E-state index >= 15 is 0 Å². The summed E-state index contributed by atoms with van der Waals surface area (Å²) in [7, 11) is -3.71. The van der Waals surface area contributed by atoms with Crippen LogP contribution in [0.5, 0.6) is 5.88 Å². The van der Waals surface area contributed by atoms with Gasteiger partial charge in [0.1, 0.15) is 11.1 Å². The van der Waals surface area contributed by atoms with Crippen molar-refractivity contribution in [2.45, 2.75) is 23.8 Å². The van der Waals surface area contributed by atoms with Gasteiger partial charge in [-0.05, 0) is 30.2 Å². The third kappa shape index (κ3) is 5.41. The van der Waals surface area contributed by atoms with Crippen LogP contribution in [0.15, 0.2) is 41.4 Å². The molecule has 0 saturated carbocycles. The Hall–Kier alpha value is -2.20. The predicted molar refractivity (Wildman–Crippen MR) is 103 cm³/mol. The average Bonchev–Trinajstić information content (AvgIpc) is 3.16. The molecule has 0 bridgehead atoms. The molecule has 3 N–H and O–H groups in total. The van der Waals surface area contributed by atoms with Gasteiger partial charge < -0.3 is 14.8 Å². The van der Waals surface area contributed by atoms with Gasteiger partial charge in [-0.1, -0.05) is 23.7 Å². The second kappa shape index (κ2) is 8.87. The topological polar surface area (TPSA) is 121 Å². The van der Waals surface area contributed by atoms with E-state index in [1.807, 2.05) is 0 Å². The van der Waals surface area contributed by atoms with Crippen molar-refractivity contribution in [1.29, 1.82) is 0 Å². The van der Waals surface area contributed by atoms with Crippen LogP contribution in [0.2, 0.25) is 5.02 Å². The fraction of sp³-hybridized carbons (Fsp3) is 0.333. The van der Waals surface area contributed by atoms with E-state index in [1.165, 1.54) is 24.4 Å². The van der Waals surface area contributed by atoms with Crippen LogP contribution in [0.3, 0.4) is 0 Å². The highest BCUT2D eigenvalue weighted by molar-refractivity contribution is 7.89. The number of nitrogens with one attached hydrogen (secondary N) is 1. The Kier molecular flexibility index (Phi) is 6.50. The zero-order valence-corrected chi connectivity index (χ0v) is 16.5. The van der Waals surface area contributed by atoms with Crippen LogP contribution in [0.4, 0.5) is 0 Å². The van der Waals surface area contributed by atoms with Gasteiger partial charge in [-0.3, -0.25) is 4.79 Å². The van der Waals surface area contributed by atoms with E-state index in [2.05, 4.69) is 10.3 Å². The quantitative estimate of drug-likeness (QED) is 0.693. The molecular formula is C18H20ClN3O5S. The lowest BCUT2D eigenvalue weighted by atomic mass is 10.1. The van der Waals surface area contributed by atoms with Gasteiger partial charge in [0.2, 0.25) is 15.9 Å². The lowest BCUT2D eigenvalue weighted by Gasteiger charge is -2.12. The molecule has 0 spiro atoms. The Morgan fingerprint density at radius 2 is 2.11 bits per heavy atom. The SMILES string of the molecule is NS(=O)(=O)c1ccc(CCNC(=O)c2cnc(OC3CCOC3)c(Cl)c2)cc1. The number of nitrogens with zero attached hydrogens (tertiary/aromatic N) is 1. The standard InChI is InChI=1S/C18H20ClN3O5S/c19-16-9-13(10-22-18(16)27-14-6-8-26-11-14)17(23)21-7-5-12-1-3-15(4-2-12)28(20,24)25/h1-4,9-10,14H,5-8,11H2,(H,21,23)(H2,20,24,25). The number of benzene rings is 1. The minimum absolute atomic E-state index is 0.0486. The number of aromatic nitrogens is 1. The minimum atomic E-state index is -3.71. The number of amides is 1. The second-order valence-electron chi connectivity index (χ2n) is 6.31. The fourth-order valence-corrected chi connectivity index (χ4v) is 3.39. The van der Waals surface area contributed by atoms with Gasteiger partial charge in [-0.2, -0.15) is 0 Å². The number of nitrogens with two attached hydrogens (primary N) is 1. The summed E-state index contributed by atoms with van der Waals surface area (Å²) in [6.45, 7) is 1.51. The molecule has 150 valence electrons. The zero-order chi connectivity index (χ0) is 20.1. The van der Waals surface area contributed by atoms with Crippen molar-refractivity contribution in [3.05, 3.63) is 52.7 Å². The first-order chi connectivity index (χ1) is 13.3. The van der Waals surface area contributed by atoms with Crippen LogP contribution in [-0.2, 0) is 21.2 Å². The Morgan fingerprint density at radius 1 is 1.36 bits per heavy atom. The first-order valence-electron chi connectivity index (χ1n) is 8.63. The first kappa shape index (κ1) is 20.5. The molecule has 8 nitrogen and oxygen atoms in total. The number of rotatable bonds is 7. The number of hydrogen-bond acceptors (Lipinski definition) is 6. The Balaban J connectivity index is 1.52. The first-order valence-corrected chi connectivity index (χ1v) is 10.6. The summed E-state index contributed by atoms with van der Waals surface area (Å²) in [6, 6.07) is 7.69. The van der Waals surface area contributed by atoms with Crippen molar-refractivity contribution in [2.75, 3.05) is 19.8 Å². The van der Waals surface area contributed by atoms with Crippen LogP contribution in [0.25, 0.3) is 0 Å². The molecule has 10 heteroatoms. The number of hydrogen-bond donors (Lipinski definition) is 2. The van der Waals surface area contributed by atoms with Gasteiger partial charge in [-0.25, -0.2) is 18.5 Å². The van der Waals surface area contributed by atoms with Gasteiger partial charge in [0.05, 0.1) is 23.7 Å². The second-order valence-corrected chi connectivity index (χ2v) is 8.28. The van der Waals surface area contributed by atoms with Crippen molar-refractivity contribution >= 4 is 27.5 Å². The average molecular weight is 426 g/mol. The molecule has 28 heavy (non-hydrogen) atoms. The van der Waals surface area contributed by atoms with Crippen molar-refractivity contribution < 1.29 is 22.7 Å². The van der Waals surface area contributed by atoms with Crippen molar-refractivity contribution in [3.63, 3.8) is 0 Å². The Labute approximate surface area is 168 Å². The third-order valence-electron chi connectivity index (χ3n) is 4.19. The van der Waals surface area contributed by atoms with Crippen LogP contribution in [-0.4, -0.2) is 45.2 Å². The monoisotopic (exact) mass is 425 g/mol. The summed E-state index contributed by atoms with van der Waals surface area (Å²) in [6.07, 6.45) is 2.64. The van der Waals surface area contributed by atoms with E-state index in [9.17, 15) is 13.2 Å². The number of sulfonamides is 1. The summed E-state index contributed by atoms with van der Waals surface area (Å²) in [4.78, 5) is 16.4. The van der Waals surface area contributed by atoms with E-state index in [-0.39, 0.29) is 27.8 Å². The summed E-state index contributed by atoms with van der Waals surface area (Å²) in [5.74, 6) is -0.0324. The fourth-order valence-electron chi connectivity index (χ4n) is 2.67. The van der Waals surface area contributed by atoms with Gasteiger partial charge in [0, 0.05) is 19.2 Å². The molecule has 0 aliphatic carbocycles. The maximum Gasteiger partial charge on any atom is 0.252 e. The molecule has 1 aliphatic heterocycles. The smallest absolute Gasteiger partial charge is 0.252 e. The number of pyridine rings is 1. The van der Waals surface area contributed by atoms with E-state index in [4.69, 9.17) is 26.2 Å². The third-order valence-corrected chi connectivity index (χ3v) is 5.39. The van der Waals surface area contributed by atoms with E-state index in [0.717, 1.165) is 12.0 Å². The molecule has 1 aromatic carbocycles. The van der Waals surface area contributed by atoms with Gasteiger partial charge >= 0.3 is 0 Å². The normalized spacial score (nSPS) is 16.7. The highest BCUT2D eigenvalue weighted by atomic mass is 35.5. The Bertz CT molecular complexity index is 944. The van der Waals surface area contributed by atoms with E-state index in [0.29, 0.717) is 31.7 Å². The van der Waals surface area contributed by atoms with E-state index in [1.54, 1.807) is 12.1 Å². The molecule has 1 amide bonds. The van der Waals surface area contributed by atoms with Crippen LogP contribution in [0.1, 0.15) is 22.3 Å².